The molecule has 0 aromatic rings. The van der Waals surface area contributed by atoms with E-state index in [2.05, 4.69) is 0 Å². The third kappa shape index (κ3) is 5.00. The maximum atomic E-state index is 9.90. The fourth-order valence-electron chi connectivity index (χ4n) is 0.414. The number of hydrogen-bond donors (Lipinski definition) is 0. The maximum Gasteiger partial charge on any atom is 0.122 e. The Labute approximate surface area is 53.7 Å². The van der Waals surface area contributed by atoms with E-state index in [-0.39, 0.29) is 12.3 Å². The number of rotatable bonds is 4. The van der Waals surface area contributed by atoms with Crippen LogP contribution in [-0.4, -0.2) is 12.3 Å². The summed E-state index contributed by atoms with van der Waals surface area (Å²) in [4.78, 5) is 19.7. The number of carbonyl (C=O) groups excluding carboxylic acids is 2. The van der Waals surface area contributed by atoms with E-state index in [0.29, 0.717) is 6.42 Å². The second kappa shape index (κ2) is 4.06. The van der Waals surface area contributed by atoms with Crippen molar-refractivity contribution in [3.8, 4) is 0 Å². The van der Waals surface area contributed by atoms with E-state index < -0.39 is 5.97 Å². The van der Waals surface area contributed by atoms with Crippen LogP contribution in [0.5, 0.6) is 0 Å². The minimum Gasteiger partial charge on any atom is -0.550 e. The Kier molecular flexibility index (Phi) is 3.67. The van der Waals surface area contributed by atoms with Crippen LogP contribution in [0.2, 0.25) is 0 Å². The molecular weight excluding hydrogens is 120 g/mol. The van der Waals surface area contributed by atoms with E-state index in [1.165, 1.54) is 0 Å². The summed E-state index contributed by atoms with van der Waals surface area (Å²) in [6.45, 7) is 1.68. The van der Waals surface area contributed by atoms with Crippen molar-refractivity contribution in [2.75, 3.05) is 0 Å². The van der Waals surface area contributed by atoms with Gasteiger partial charge in [-0.3, -0.25) is 0 Å². The van der Waals surface area contributed by atoms with Gasteiger partial charge in [0.15, 0.2) is 0 Å². The molecule has 1 atom stereocenters. The van der Waals surface area contributed by atoms with Crippen LogP contribution in [0.25, 0.3) is 0 Å². The van der Waals surface area contributed by atoms with Crippen molar-refractivity contribution in [1.29, 1.82) is 0 Å². The number of carboxylic acid groups (broad SMARTS) is 1. The summed E-state index contributed by atoms with van der Waals surface area (Å²) in [6.07, 6.45) is 1.09. The van der Waals surface area contributed by atoms with Crippen LogP contribution in [0.4, 0.5) is 0 Å². The molecule has 0 rings (SSSR count). The summed E-state index contributed by atoms with van der Waals surface area (Å²) >= 11 is 0. The molecule has 0 heterocycles. The molecule has 9 heavy (non-hydrogen) atoms. The number of aliphatic carboxylic acids is 1. The first kappa shape index (κ1) is 8.14. The second-order valence-corrected chi connectivity index (χ2v) is 2.02. The van der Waals surface area contributed by atoms with E-state index in [0.717, 1.165) is 6.29 Å². The van der Waals surface area contributed by atoms with Gasteiger partial charge in [0, 0.05) is 11.9 Å². The van der Waals surface area contributed by atoms with Gasteiger partial charge in [-0.2, -0.15) is 0 Å². The molecule has 0 N–H and O–H groups in total. The molecule has 0 bridgehead atoms. The average Bonchev–Trinajstić information content (AvgIpc) is 1.83. The first-order valence-corrected chi connectivity index (χ1v) is 2.82. The Morgan fingerprint density at radius 3 is 2.67 bits per heavy atom. The molecule has 0 aromatic heterocycles. The van der Waals surface area contributed by atoms with Crippen LogP contribution in [0.15, 0.2) is 0 Å². The molecule has 52 valence electrons. The maximum absolute atomic E-state index is 9.90. The van der Waals surface area contributed by atoms with Gasteiger partial charge in [0.2, 0.25) is 0 Å². The fourth-order valence-corrected chi connectivity index (χ4v) is 0.414. The Hall–Kier alpha value is -0.860. The minimum absolute atomic E-state index is 0.0279. The lowest BCUT2D eigenvalue weighted by molar-refractivity contribution is -0.305. The molecule has 1 unspecified atom stereocenters. The van der Waals surface area contributed by atoms with Gasteiger partial charge in [0.05, 0.1) is 0 Å². The van der Waals surface area contributed by atoms with Crippen LogP contribution in [0.3, 0.4) is 0 Å². The molecule has 0 fully saturated rings. The van der Waals surface area contributed by atoms with Crippen molar-refractivity contribution in [2.24, 2.45) is 5.92 Å². The summed E-state index contributed by atoms with van der Waals surface area (Å²) in [5, 5.41) is 9.79. The smallest absolute Gasteiger partial charge is 0.122 e. The highest BCUT2D eigenvalue weighted by atomic mass is 16.4. The molecule has 0 spiro atoms. The second-order valence-electron chi connectivity index (χ2n) is 2.02. The van der Waals surface area contributed by atoms with Gasteiger partial charge in [0.25, 0.3) is 0 Å². The Bertz CT molecular complexity index is 109. The first-order chi connectivity index (χ1) is 4.16. The lowest BCUT2D eigenvalue weighted by Gasteiger charge is -2.02. The van der Waals surface area contributed by atoms with Gasteiger partial charge >= 0.3 is 0 Å². The molecular formula is C6H9O3-. The van der Waals surface area contributed by atoms with Gasteiger partial charge in [-0.15, -0.1) is 0 Å². The van der Waals surface area contributed by atoms with Crippen molar-refractivity contribution < 1.29 is 14.7 Å². The fraction of sp³-hybridized carbons (Fsp3) is 0.667. The summed E-state index contributed by atoms with van der Waals surface area (Å²) in [7, 11) is 0. The topological polar surface area (TPSA) is 57.2 Å². The highest BCUT2D eigenvalue weighted by Gasteiger charge is 1.97. The minimum atomic E-state index is -1.09. The number of carboxylic acids is 1. The number of carbonyl (C=O) groups is 2. The Balaban J connectivity index is 3.26. The lowest BCUT2D eigenvalue weighted by Crippen LogP contribution is -2.22. The summed E-state index contributed by atoms with van der Waals surface area (Å²) < 4.78 is 0. The summed E-state index contributed by atoms with van der Waals surface area (Å²) in [6, 6.07) is 0. The molecule has 0 saturated heterocycles. The first-order valence-electron chi connectivity index (χ1n) is 2.82. The molecule has 0 aliphatic carbocycles. The largest absolute Gasteiger partial charge is 0.550 e. The van der Waals surface area contributed by atoms with Crippen LogP contribution < -0.4 is 5.11 Å². The molecule has 3 nitrogen and oxygen atoms in total. The Morgan fingerprint density at radius 1 is 1.78 bits per heavy atom. The van der Waals surface area contributed by atoms with E-state index in [9.17, 15) is 14.7 Å². The predicted octanol–water partition coefficient (Wildman–Crippen LogP) is -0.649. The molecule has 0 saturated carbocycles. The third-order valence-corrected chi connectivity index (χ3v) is 1.04. The van der Waals surface area contributed by atoms with Crippen molar-refractivity contribution in [3.05, 3.63) is 0 Å². The van der Waals surface area contributed by atoms with Gasteiger partial charge < -0.3 is 14.7 Å². The molecule has 0 amide bonds. The number of aldehydes is 1. The van der Waals surface area contributed by atoms with E-state index in [1.54, 1.807) is 6.92 Å². The zero-order valence-corrected chi connectivity index (χ0v) is 5.29. The molecule has 0 aromatic carbocycles. The van der Waals surface area contributed by atoms with E-state index >= 15 is 0 Å². The zero-order valence-electron chi connectivity index (χ0n) is 5.29. The van der Waals surface area contributed by atoms with Crippen LogP contribution in [-0.2, 0) is 9.59 Å². The molecule has 0 aliphatic rings. The normalized spacial score (nSPS) is 12.6. The summed E-state index contributed by atoms with van der Waals surface area (Å²) in [5.41, 5.74) is 0. The van der Waals surface area contributed by atoms with Crippen molar-refractivity contribution in [2.45, 2.75) is 19.8 Å². The van der Waals surface area contributed by atoms with Gasteiger partial charge in [0.1, 0.15) is 6.29 Å². The SMILES string of the molecule is CC(C=O)CCC(=O)[O-]. The van der Waals surface area contributed by atoms with E-state index in [4.69, 9.17) is 0 Å². The van der Waals surface area contributed by atoms with Crippen molar-refractivity contribution in [1.82, 2.24) is 0 Å². The monoisotopic (exact) mass is 129 g/mol. The van der Waals surface area contributed by atoms with Gasteiger partial charge in [-0.1, -0.05) is 6.92 Å². The zero-order chi connectivity index (χ0) is 7.28. The van der Waals surface area contributed by atoms with Gasteiger partial charge in [-0.05, 0) is 12.8 Å². The van der Waals surface area contributed by atoms with Crippen molar-refractivity contribution >= 4 is 12.3 Å². The third-order valence-electron chi connectivity index (χ3n) is 1.04. The highest BCUT2D eigenvalue weighted by Crippen LogP contribution is 1.99. The summed E-state index contributed by atoms with van der Waals surface area (Å²) in [5.74, 6) is -1.26. The van der Waals surface area contributed by atoms with Crippen LogP contribution in [0, 0.1) is 5.92 Å². The lowest BCUT2D eigenvalue weighted by atomic mass is 10.1. The van der Waals surface area contributed by atoms with Crippen molar-refractivity contribution in [3.63, 3.8) is 0 Å². The van der Waals surface area contributed by atoms with E-state index in [1.807, 2.05) is 0 Å². The molecule has 0 aliphatic heterocycles. The van der Waals surface area contributed by atoms with Crippen LogP contribution in [0.1, 0.15) is 19.8 Å². The number of hydrogen-bond acceptors (Lipinski definition) is 3. The van der Waals surface area contributed by atoms with Gasteiger partial charge in [-0.25, -0.2) is 0 Å². The predicted molar refractivity (Wildman–Crippen MR) is 29.5 cm³/mol. The highest BCUT2D eigenvalue weighted by molar-refractivity contribution is 5.65. The average molecular weight is 129 g/mol. The Morgan fingerprint density at radius 2 is 2.33 bits per heavy atom. The standard InChI is InChI=1S/C6H10O3/c1-5(4-7)2-3-6(8)9/h4-5H,2-3H2,1H3,(H,8,9)/p-1. The molecule has 3 heteroatoms. The molecule has 0 radical (unpaired) electrons. The quantitative estimate of drug-likeness (QED) is 0.474. The van der Waals surface area contributed by atoms with Crippen LogP contribution >= 0.6 is 0 Å².